The van der Waals surface area contributed by atoms with Crippen molar-refractivity contribution in [1.29, 1.82) is 0 Å². The lowest BCUT2D eigenvalue weighted by molar-refractivity contribution is -0.186. The van der Waals surface area contributed by atoms with Gasteiger partial charge in [0.05, 0.1) is 0 Å². The highest BCUT2D eigenvalue weighted by molar-refractivity contribution is 5.84. The van der Waals surface area contributed by atoms with Crippen LogP contribution in [0, 0.1) is 0 Å². The summed E-state index contributed by atoms with van der Waals surface area (Å²) in [7, 11) is 0. The number of hydrogen-bond donors (Lipinski definition) is 0. The number of fused-ring (bicyclic) bond motifs is 2. The molecule has 1 aromatic heterocycles. The maximum atomic E-state index is 12.3. The Bertz CT molecular complexity index is 1020. The van der Waals surface area contributed by atoms with Gasteiger partial charge in [-0.05, 0) is 39.8 Å². The van der Waals surface area contributed by atoms with E-state index in [1.54, 1.807) is 45.9 Å². The SMILES string of the molecule is CC(=O)O[C@H]1[C@H](OC(=O)C=C(C)C)c2cc3ccc(=O)oc3cc2OC1(C)C. The number of esters is 2. The lowest BCUT2D eigenvalue weighted by Crippen LogP contribution is -2.51. The molecule has 0 N–H and O–H groups in total. The maximum absolute atomic E-state index is 12.3. The van der Waals surface area contributed by atoms with Crippen molar-refractivity contribution in [1.82, 2.24) is 0 Å². The van der Waals surface area contributed by atoms with E-state index in [4.69, 9.17) is 18.6 Å². The van der Waals surface area contributed by atoms with Gasteiger partial charge in [-0.1, -0.05) is 5.57 Å². The van der Waals surface area contributed by atoms with Gasteiger partial charge in [-0.3, -0.25) is 4.79 Å². The van der Waals surface area contributed by atoms with Crippen molar-refractivity contribution in [2.75, 3.05) is 0 Å². The first kappa shape index (κ1) is 19.7. The van der Waals surface area contributed by atoms with Crippen molar-refractivity contribution in [3.63, 3.8) is 0 Å². The lowest BCUT2D eigenvalue weighted by Gasteiger charge is -2.43. The van der Waals surface area contributed by atoms with Gasteiger partial charge in [0.25, 0.3) is 0 Å². The molecule has 0 bridgehead atoms. The predicted molar refractivity (Wildman–Crippen MR) is 101 cm³/mol. The highest BCUT2D eigenvalue weighted by Gasteiger charge is 2.48. The molecule has 0 fully saturated rings. The molecule has 2 aromatic rings. The molecule has 0 saturated carbocycles. The fraction of sp³-hybridized carbons (Fsp3) is 0.381. The zero-order valence-electron chi connectivity index (χ0n) is 16.4. The van der Waals surface area contributed by atoms with E-state index >= 15 is 0 Å². The van der Waals surface area contributed by atoms with E-state index < -0.39 is 35.4 Å². The summed E-state index contributed by atoms with van der Waals surface area (Å²) < 4.78 is 22.4. The van der Waals surface area contributed by atoms with E-state index in [2.05, 4.69) is 0 Å². The van der Waals surface area contributed by atoms with Crippen molar-refractivity contribution in [3.8, 4) is 5.75 Å². The van der Waals surface area contributed by atoms with Crippen LogP contribution < -0.4 is 10.4 Å². The Morgan fingerprint density at radius 2 is 1.82 bits per heavy atom. The quantitative estimate of drug-likeness (QED) is 0.453. The summed E-state index contributed by atoms with van der Waals surface area (Å²) in [6.07, 6.45) is -0.380. The van der Waals surface area contributed by atoms with Crippen LogP contribution >= 0.6 is 0 Å². The molecule has 0 aliphatic carbocycles. The first-order valence-corrected chi connectivity index (χ1v) is 8.86. The van der Waals surface area contributed by atoms with Gasteiger partial charge in [-0.15, -0.1) is 0 Å². The summed E-state index contributed by atoms with van der Waals surface area (Å²) >= 11 is 0. The monoisotopic (exact) mass is 386 g/mol. The minimum atomic E-state index is -0.989. The van der Waals surface area contributed by atoms with E-state index in [1.165, 1.54) is 19.1 Å². The number of benzene rings is 1. The van der Waals surface area contributed by atoms with Gasteiger partial charge in [0.1, 0.15) is 16.9 Å². The molecule has 7 nitrogen and oxygen atoms in total. The third kappa shape index (κ3) is 3.93. The Balaban J connectivity index is 2.16. The average molecular weight is 386 g/mol. The van der Waals surface area contributed by atoms with E-state index in [9.17, 15) is 14.4 Å². The van der Waals surface area contributed by atoms with Gasteiger partial charge in [-0.2, -0.15) is 0 Å². The molecule has 3 rings (SSSR count). The minimum Gasteiger partial charge on any atom is -0.483 e. The van der Waals surface area contributed by atoms with E-state index in [0.29, 0.717) is 22.3 Å². The zero-order valence-corrected chi connectivity index (χ0v) is 16.4. The van der Waals surface area contributed by atoms with Crippen LogP contribution in [0.1, 0.15) is 46.3 Å². The maximum Gasteiger partial charge on any atom is 0.336 e. The summed E-state index contributed by atoms with van der Waals surface area (Å²) in [5.41, 5.74) is 0.189. The fourth-order valence-electron chi connectivity index (χ4n) is 3.20. The van der Waals surface area contributed by atoms with Crippen molar-refractivity contribution < 1.29 is 28.2 Å². The summed E-state index contributed by atoms with van der Waals surface area (Å²) in [5, 5.41) is 0.631. The van der Waals surface area contributed by atoms with E-state index in [-0.39, 0.29) is 0 Å². The minimum absolute atomic E-state index is 0.349. The lowest BCUT2D eigenvalue weighted by atomic mass is 9.87. The molecule has 148 valence electrons. The first-order chi connectivity index (χ1) is 13.1. The largest absolute Gasteiger partial charge is 0.483 e. The molecular formula is C21H22O7. The normalized spacial score (nSPS) is 19.9. The number of hydrogen-bond acceptors (Lipinski definition) is 7. The highest BCUT2D eigenvalue weighted by atomic mass is 16.6. The summed E-state index contributed by atoms with van der Waals surface area (Å²) in [6.45, 7) is 8.31. The number of carbonyl (C=O) groups excluding carboxylic acids is 2. The smallest absolute Gasteiger partial charge is 0.336 e. The van der Waals surface area contributed by atoms with E-state index in [1.807, 2.05) is 0 Å². The Hall–Kier alpha value is -3.09. The molecule has 0 radical (unpaired) electrons. The van der Waals surface area contributed by atoms with Crippen molar-refractivity contribution in [3.05, 3.63) is 51.9 Å². The van der Waals surface area contributed by atoms with Crippen molar-refractivity contribution in [2.24, 2.45) is 0 Å². The number of carbonyl (C=O) groups is 2. The average Bonchev–Trinajstić information content (AvgIpc) is 2.55. The summed E-state index contributed by atoms with van der Waals surface area (Å²) in [5.74, 6) is -0.670. The predicted octanol–water partition coefficient (Wildman–Crippen LogP) is 3.45. The third-order valence-corrected chi connectivity index (χ3v) is 4.33. The van der Waals surface area contributed by atoms with Crippen molar-refractivity contribution >= 4 is 22.9 Å². The number of ether oxygens (including phenoxy) is 3. The standard InChI is InChI=1S/C21H22O7/c1-11(2)8-18(24)27-19-14-9-13-6-7-17(23)26-15(13)10-16(14)28-21(4,5)20(19)25-12(3)22/h6-10,19-20H,1-5H3/t19-,20+/m1/s1. The molecule has 2 heterocycles. The van der Waals surface area contributed by atoms with Crippen LogP contribution in [0.15, 0.2) is 45.1 Å². The Morgan fingerprint density at radius 1 is 1.11 bits per heavy atom. The number of allylic oxidation sites excluding steroid dienone is 1. The molecule has 0 saturated heterocycles. The Morgan fingerprint density at radius 3 is 2.46 bits per heavy atom. The van der Waals surface area contributed by atoms with Crippen LogP contribution in [-0.4, -0.2) is 23.6 Å². The molecule has 1 aromatic carbocycles. The molecule has 7 heteroatoms. The van der Waals surface area contributed by atoms with Gasteiger partial charge in [0.2, 0.25) is 0 Å². The summed E-state index contributed by atoms with van der Waals surface area (Å²) in [6, 6.07) is 6.20. The van der Waals surface area contributed by atoms with Crippen LogP contribution in [0.5, 0.6) is 5.75 Å². The van der Waals surface area contributed by atoms with Crippen molar-refractivity contribution in [2.45, 2.75) is 52.4 Å². The van der Waals surface area contributed by atoms with Gasteiger partial charge >= 0.3 is 17.6 Å². The fourth-order valence-corrected chi connectivity index (χ4v) is 3.20. The van der Waals surface area contributed by atoms with Crippen LogP contribution in [0.3, 0.4) is 0 Å². The van der Waals surface area contributed by atoms with Gasteiger partial charge < -0.3 is 18.6 Å². The second-order valence-corrected chi connectivity index (χ2v) is 7.50. The van der Waals surface area contributed by atoms with Crippen LogP contribution in [0.4, 0.5) is 0 Å². The van der Waals surface area contributed by atoms with Gasteiger partial charge in [0, 0.05) is 36.1 Å². The molecule has 1 aliphatic heterocycles. The van der Waals surface area contributed by atoms with E-state index in [0.717, 1.165) is 5.57 Å². The molecular weight excluding hydrogens is 364 g/mol. The second-order valence-electron chi connectivity index (χ2n) is 7.50. The molecule has 0 unspecified atom stereocenters. The third-order valence-electron chi connectivity index (χ3n) is 4.33. The highest BCUT2D eigenvalue weighted by Crippen LogP contribution is 2.45. The van der Waals surface area contributed by atoms with Crippen LogP contribution in [0.2, 0.25) is 0 Å². The van der Waals surface area contributed by atoms with Gasteiger partial charge in [0.15, 0.2) is 12.2 Å². The van der Waals surface area contributed by atoms with Crippen LogP contribution in [0.25, 0.3) is 11.0 Å². The molecule has 1 aliphatic rings. The summed E-state index contributed by atoms with van der Waals surface area (Å²) in [4.78, 5) is 35.6. The molecule has 0 spiro atoms. The first-order valence-electron chi connectivity index (χ1n) is 8.86. The Labute approximate surface area is 161 Å². The van der Waals surface area contributed by atoms with Gasteiger partial charge in [-0.25, -0.2) is 9.59 Å². The second kappa shape index (κ2) is 7.14. The zero-order chi connectivity index (χ0) is 20.6. The molecule has 2 atom stereocenters. The topological polar surface area (TPSA) is 92.0 Å². The van der Waals surface area contributed by atoms with Crippen LogP contribution in [-0.2, 0) is 19.1 Å². The number of rotatable bonds is 3. The molecule has 28 heavy (non-hydrogen) atoms. The molecule has 0 amide bonds. The Kier molecular flexibility index (Phi) is 5.02.